The van der Waals surface area contributed by atoms with E-state index in [0.717, 1.165) is 13.1 Å². The molecule has 1 aromatic carbocycles. The Balaban J connectivity index is 1.99. The van der Waals surface area contributed by atoms with Crippen molar-refractivity contribution in [1.29, 1.82) is 0 Å². The molecule has 0 bridgehead atoms. The summed E-state index contributed by atoms with van der Waals surface area (Å²) in [6, 6.07) is 5.05. The molecule has 1 aromatic rings. The maximum absolute atomic E-state index is 11.8. The lowest BCUT2D eigenvalue weighted by atomic mass is 10.0. The van der Waals surface area contributed by atoms with Crippen molar-refractivity contribution >= 4 is 29.1 Å². The van der Waals surface area contributed by atoms with E-state index in [-0.39, 0.29) is 5.91 Å². The van der Waals surface area contributed by atoms with Crippen molar-refractivity contribution in [3.63, 3.8) is 0 Å². The van der Waals surface area contributed by atoms with Crippen molar-refractivity contribution in [1.82, 2.24) is 10.6 Å². The highest BCUT2D eigenvalue weighted by Gasteiger charge is 2.18. The van der Waals surface area contributed by atoms with Crippen LogP contribution < -0.4 is 10.6 Å². The Bertz CT molecular complexity index is 405. The quantitative estimate of drug-likeness (QED) is 0.871. The summed E-state index contributed by atoms with van der Waals surface area (Å²) in [5.41, 5.74) is 0.432. The number of hydrogen-bond donors (Lipinski definition) is 2. The Morgan fingerprint density at radius 2 is 2.19 bits per heavy atom. The Hall–Kier alpha value is -0.770. The standard InChI is InChI=1S/C11H12Cl2N2O/c12-9-3-1-2-8(10(9)13)11(16)15-6-7-4-14-5-7/h1-3,7,14H,4-6H2,(H,15,16). The van der Waals surface area contributed by atoms with Gasteiger partial charge in [0.05, 0.1) is 15.6 Å². The van der Waals surface area contributed by atoms with Gasteiger partial charge in [0.25, 0.3) is 5.91 Å². The zero-order chi connectivity index (χ0) is 11.5. The molecule has 0 unspecified atom stereocenters. The third kappa shape index (κ3) is 2.48. The van der Waals surface area contributed by atoms with Crippen LogP contribution in [-0.2, 0) is 0 Å². The number of amides is 1. The van der Waals surface area contributed by atoms with Crippen molar-refractivity contribution in [2.45, 2.75) is 0 Å². The van der Waals surface area contributed by atoms with E-state index in [9.17, 15) is 4.79 Å². The van der Waals surface area contributed by atoms with Crippen LogP contribution in [0, 0.1) is 5.92 Å². The van der Waals surface area contributed by atoms with Crippen LogP contribution in [0.15, 0.2) is 18.2 Å². The van der Waals surface area contributed by atoms with Gasteiger partial charge in [-0.05, 0) is 12.1 Å². The lowest BCUT2D eigenvalue weighted by molar-refractivity contribution is 0.0942. The minimum Gasteiger partial charge on any atom is -0.352 e. The first kappa shape index (κ1) is 11.7. The maximum Gasteiger partial charge on any atom is 0.252 e. The van der Waals surface area contributed by atoms with Crippen molar-refractivity contribution in [2.24, 2.45) is 5.92 Å². The van der Waals surface area contributed by atoms with E-state index in [0.29, 0.717) is 28.1 Å². The molecule has 0 aliphatic carbocycles. The summed E-state index contributed by atoms with van der Waals surface area (Å²) in [7, 11) is 0. The Kier molecular flexibility index (Phi) is 3.69. The van der Waals surface area contributed by atoms with Crippen molar-refractivity contribution in [3.8, 4) is 0 Å². The molecule has 1 amide bonds. The molecule has 1 aliphatic heterocycles. The molecular weight excluding hydrogens is 247 g/mol. The third-order valence-electron chi connectivity index (χ3n) is 2.61. The fourth-order valence-electron chi connectivity index (χ4n) is 1.50. The van der Waals surface area contributed by atoms with Crippen molar-refractivity contribution in [3.05, 3.63) is 33.8 Å². The number of rotatable bonds is 3. The zero-order valence-electron chi connectivity index (χ0n) is 8.59. The van der Waals surface area contributed by atoms with Crippen molar-refractivity contribution in [2.75, 3.05) is 19.6 Å². The highest BCUT2D eigenvalue weighted by molar-refractivity contribution is 6.43. The predicted octanol–water partition coefficient (Wildman–Crippen LogP) is 1.94. The molecule has 1 fully saturated rings. The van der Waals surface area contributed by atoms with E-state index in [2.05, 4.69) is 10.6 Å². The summed E-state index contributed by atoms with van der Waals surface area (Å²) in [5.74, 6) is 0.362. The molecular formula is C11H12Cl2N2O. The Morgan fingerprint density at radius 1 is 1.44 bits per heavy atom. The normalized spacial score (nSPS) is 15.6. The van der Waals surface area contributed by atoms with E-state index in [1.54, 1.807) is 18.2 Å². The van der Waals surface area contributed by atoms with Gasteiger partial charge < -0.3 is 10.6 Å². The van der Waals surface area contributed by atoms with Crippen LogP contribution in [0.5, 0.6) is 0 Å². The molecule has 3 nitrogen and oxygen atoms in total. The number of halogens is 2. The highest BCUT2D eigenvalue weighted by atomic mass is 35.5. The van der Waals surface area contributed by atoms with Gasteiger partial charge in [-0.2, -0.15) is 0 Å². The topological polar surface area (TPSA) is 41.1 Å². The maximum atomic E-state index is 11.8. The second-order valence-electron chi connectivity index (χ2n) is 3.84. The summed E-state index contributed by atoms with van der Waals surface area (Å²) in [6.45, 7) is 2.60. The van der Waals surface area contributed by atoms with Crippen LogP contribution in [0.25, 0.3) is 0 Å². The van der Waals surface area contributed by atoms with Crippen LogP contribution >= 0.6 is 23.2 Å². The molecule has 2 rings (SSSR count). The lowest BCUT2D eigenvalue weighted by Gasteiger charge is -2.27. The van der Waals surface area contributed by atoms with E-state index in [4.69, 9.17) is 23.2 Å². The molecule has 1 saturated heterocycles. The molecule has 1 aliphatic rings. The summed E-state index contributed by atoms with van der Waals surface area (Å²) in [4.78, 5) is 11.8. The van der Waals surface area contributed by atoms with E-state index in [1.165, 1.54) is 0 Å². The molecule has 0 radical (unpaired) electrons. The fraction of sp³-hybridized carbons (Fsp3) is 0.364. The van der Waals surface area contributed by atoms with Gasteiger partial charge in [0, 0.05) is 25.6 Å². The molecule has 16 heavy (non-hydrogen) atoms. The first-order chi connectivity index (χ1) is 7.68. The van der Waals surface area contributed by atoms with Gasteiger partial charge >= 0.3 is 0 Å². The van der Waals surface area contributed by atoms with E-state index < -0.39 is 0 Å². The SMILES string of the molecule is O=C(NCC1CNC1)c1cccc(Cl)c1Cl. The monoisotopic (exact) mass is 258 g/mol. The van der Waals surface area contributed by atoms with Gasteiger partial charge in [-0.15, -0.1) is 0 Å². The fourth-order valence-corrected chi connectivity index (χ4v) is 1.89. The molecule has 0 atom stereocenters. The van der Waals surface area contributed by atoms with Crippen LogP contribution in [0.4, 0.5) is 0 Å². The molecule has 0 saturated carbocycles. The molecule has 0 aromatic heterocycles. The number of carbonyl (C=O) groups is 1. The minimum atomic E-state index is -0.167. The second-order valence-corrected chi connectivity index (χ2v) is 4.62. The van der Waals surface area contributed by atoms with E-state index >= 15 is 0 Å². The number of benzene rings is 1. The van der Waals surface area contributed by atoms with Gasteiger partial charge in [0.2, 0.25) is 0 Å². The van der Waals surface area contributed by atoms with Crippen LogP contribution in [0.2, 0.25) is 10.0 Å². The van der Waals surface area contributed by atoms with Crippen molar-refractivity contribution < 1.29 is 4.79 Å². The Labute approximate surface area is 104 Å². The molecule has 2 N–H and O–H groups in total. The summed E-state index contributed by atoms with van der Waals surface area (Å²) in [6.07, 6.45) is 0. The summed E-state index contributed by atoms with van der Waals surface area (Å²) >= 11 is 11.8. The van der Waals surface area contributed by atoms with Crippen LogP contribution in [0.3, 0.4) is 0 Å². The minimum absolute atomic E-state index is 0.167. The third-order valence-corrected chi connectivity index (χ3v) is 3.43. The molecule has 0 spiro atoms. The predicted molar refractivity (Wildman–Crippen MR) is 65.2 cm³/mol. The van der Waals surface area contributed by atoms with Gasteiger partial charge in [0.1, 0.15) is 0 Å². The summed E-state index contributed by atoms with van der Waals surface area (Å²) < 4.78 is 0. The Morgan fingerprint density at radius 3 is 2.81 bits per heavy atom. The summed E-state index contributed by atoms with van der Waals surface area (Å²) in [5, 5.41) is 6.71. The molecule has 1 heterocycles. The molecule has 86 valence electrons. The second kappa shape index (κ2) is 5.04. The van der Waals surface area contributed by atoms with Gasteiger partial charge in [-0.1, -0.05) is 29.3 Å². The average molecular weight is 259 g/mol. The van der Waals surface area contributed by atoms with Crippen LogP contribution in [0.1, 0.15) is 10.4 Å². The largest absolute Gasteiger partial charge is 0.352 e. The number of nitrogens with one attached hydrogen (secondary N) is 2. The van der Waals surface area contributed by atoms with E-state index in [1.807, 2.05) is 0 Å². The first-order valence-electron chi connectivity index (χ1n) is 5.11. The zero-order valence-corrected chi connectivity index (χ0v) is 10.1. The number of hydrogen-bond acceptors (Lipinski definition) is 2. The molecule has 5 heteroatoms. The van der Waals surface area contributed by atoms with Crippen LogP contribution in [-0.4, -0.2) is 25.5 Å². The van der Waals surface area contributed by atoms with Gasteiger partial charge in [-0.3, -0.25) is 4.79 Å². The lowest BCUT2D eigenvalue weighted by Crippen LogP contribution is -2.48. The first-order valence-corrected chi connectivity index (χ1v) is 5.87. The number of carbonyl (C=O) groups excluding carboxylic acids is 1. The average Bonchev–Trinajstić information content (AvgIpc) is 2.19. The van der Waals surface area contributed by atoms with Gasteiger partial charge in [0.15, 0.2) is 0 Å². The smallest absolute Gasteiger partial charge is 0.252 e. The highest BCUT2D eigenvalue weighted by Crippen LogP contribution is 2.25. The van der Waals surface area contributed by atoms with Gasteiger partial charge in [-0.25, -0.2) is 0 Å².